The molecule has 0 fully saturated rings. The van der Waals surface area contributed by atoms with Crippen molar-refractivity contribution in [2.24, 2.45) is 0 Å². The van der Waals surface area contributed by atoms with Gasteiger partial charge >= 0.3 is 11.6 Å². The van der Waals surface area contributed by atoms with Crippen LogP contribution in [-0.2, 0) is 14.3 Å². The molecule has 0 saturated heterocycles. The van der Waals surface area contributed by atoms with E-state index < -0.39 is 11.6 Å². The van der Waals surface area contributed by atoms with Crippen molar-refractivity contribution in [1.82, 2.24) is 0 Å². The van der Waals surface area contributed by atoms with Crippen LogP contribution in [0.15, 0.2) is 57.7 Å². The fraction of sp³-hybridized carbons (Fsp3) is 0.261. The van der Waals surface area contributed by atoms with Gasteiger partial charge < -0.3 is 24.1 Å². The molecule has 3 rings (SSSR count). The van der Waals surface area contributed by atoms with Gasteiger partial charge in [-0.25, -0.2) is 4.79 Å². The number of rotatable bonds is 8. The van der Waals surface area contributed by atoms with Crippen molar-refractivity contribution < 1.29 is 23.5 Å². The molecular weight excluding hydrogens is 400 g/mol. The third-order valence-corrected chi connectivity index (χ3v) is 4.70. The van der Waals surface area contributed by atoms with Gasteiger partial charge in [-0.2, -0.15) is 0 Å². The molecule has 1 amide bonds. The topological polar surface area (TPSA) is 98.1 Å². The third kappa shape index (κ3) is 5.22. The number of ether oxygens (including phenoxy) is 2. The molecule has 8 heteroatoms. The molecular formula is C23H24N2O6. The number of nitrogens with one attached hydrogen (secondary N) is 1. The molecule has 0 radical (unpaired) electrons. The first-order valence-electron chi connectivity index (χ1n) is 9.83. The van der Waals surface area contributed by atoms with Gasteiger partial charge in [-0.3, -0.25) is 9.59 Å². The van der Waals surface area contributed by atoms with Gasteiger partial charge in [0.25, 0.3) is 0 Å². The lowest BCUT2D eigenvalue weighted by Gasteiger charge is -2.22. The Balaban J connectivity index is 1.87. The Morgan fingerprint density at radius 2 is 1.87 bits per heavy atom. The van der Waals surface area contributed by atoms with Crippen LogP contribution in [0.5, 0.6) is 5.75 Å². The summed E-state index contributed by atoms with van der Waals surface area (Å²) in [6, 6.07) is 14.0. The highest BCUT2D eigenvalue weighted by Crippen LogP contribution is 2.34. The van der Waals surface area contributed by atoms with Crippen molar-refractivity contribution in [1.29, 1.82) is 0 Å². The number of esters is 1. The van der Waals surface area contributed by atoms with E-state index >= 15 is 0 Å². The quantitative estimate of drug-likeness (QED) is 0.433. The molecule has 0 aliphatic carbocycles. The fourth-order valence-corrected chi connectivity index (χ4v) is 3.17. The van der Waals surface area contributed by atoms with E-state index in [4.69, 9.17) is 13.9 Å². The van der Waals surface area contributed by atoms with Crippen LogP contribution in [0.25, 0.3) is 11.0 Å². The summed E-state index contributed by atoms with van der Waals surface area (Å²) in [5, 5.41) is 3.55. The number of nitrogens with zero attached hydrogens (tertiary/aromatic N) is 1. The highest BCUT2D eigenvalue weighted by molar-refractivity contribution is 5.96. The molecule has 1 N–H and O–H groups in total. The second-order valence-corrected chi connectivity index (χ2v) is 6.74. The third-order valence-electron chi connectivity index (χ3n) is 4.70. The number of hydrogen-bond acceptors (Lipinski definition) is 7. The van der Waals surface area contributed by atoms with Gasteiger partial charge in [-0.15, -0.1) is 0 Å². The summed E-state index contributed by atoms with van der Waals surface area (Å²) in [4.78, 5) is 37.7. The number of methoxy groups -OCH3 is 1. The number of fused-ring (bicyclic) bond motifs is 1. The van der Waals surface area contributed by atoms with E-state index in [1.165, 1.54) is 13.2 Å². The predicted octanol–water partition coefficient (Wildman–Crippen LogP) is 3.85. The second-order valence-electron chi connectivity index (χ2n) is 6.74. The Morgan fingerprint density at radius 1 is 1.10 bits per heavy atom. The molecule has 0 unspecified atom stereocenters. The summed E-state index contributed by atoms with van der Waals surface area (Å²) in [7, 11) is 3.32. The number of carbonyl (C=O) groups excluding carboxylic acids is 2. The molecule has 8 nitrogen and oxygen atoms in total. The van der Waals surface area contributed by atoms with Crippen LogP contribution in [0, 0.1) is 0 Å². The maximum atomic E-state index is 12.3. The lowest BCUT2D eigenvalue weighted by Crippen LogP contribution is -2.16. The van der Waals surface area contributed by atoms with Gasteiger partial charge in [0.05, 0.1) is 31.5 Å². The fourth-order valence-electron chi connectivity index (χ4n) is 3.17. The van der Waals surface area contributed by atoms with Gasteiger partial charge in [0, 0.05) is 30.6 Å². The first-order valence-corrected chi connectivity index (χ1v) is 9.83. The van der Waals surface area contributed by atoms with Crippen LogP contribution >= 0.6 is 0 Å². The molecule has 162 valence electrons. The largest absolute Gasteiger partial charge is 0.495 e. The maximum absolute atomic E-state index is 12.3. The molecule has 3 aromatic rings. The van der Waals surface area contributed by atoms with E-state index in [1.807, 2.05) is 30.1 Å². The Hall–Kier alpha value is -3.81. The summed E-state index contributed by atoms with van der Waals surface area (Å²) in [6.45, 7) is 1.99. The van der Waals surface area contributed by atoms with Gasteiger partial charge in [0.2, 0.25) is 5.91 Å². The van der Waals surface area contributed by atoms with Gasteiger partial charge in [0.15, 0.2) is 0 Å². The van der Waals surface area contributed by atoms with Crippen LogP contribution in [0.2, 0.25) is 0 Å². The van der Waals surface area contributed by atoms with E-state index in [-0.39, 0.29) is 25.4 Å². The Kier molecular flexibility index (Phi) is 6.92. The summed E-state index contributed by atoms with van der Waals surface area (Å²) in [6.07, 6.45) is -0.0141. The Morgan fingerprint density at radius 3 is 2.61 bits per heavy atom. The summed E-state index contributed by atoms with van der Waals surface area (Å²) in [5.41, 5.74) is 1.86. The van der Waals surface area contributed by atoms with Crippen LogP contribution in [0.3, 0.4) is 0 Å². The molecule has 0 saturated carbocycles. The Bertz CT molecular complexity index is 1150. The number of amides is 1. The molecule has 31 heavy (non-hydrogen) atoms. The molecule has 0 aliphatic rings. The second kappa shape index (κ2) is 9.80. The lowest BCUT2D eigenvalue weighted by atomic mass is 10.1. The van der Waals surface area contributed by atoms with Crippen LogP contribution in [0.1, 0.15) is 19.8 Å². The minimum Gasteiger partial charge on any atom is -0.495 e. The zero-order chi connectivity index (χ0) is 22.4. The summed E-state index contributed by atoms with van der Waals surface area (Å²) < 4.78 is 15.5. The van der Waals surface area contributed by atoms with Crippen LogP contribution in [-0.4, -0.2) is 32.6 Å². The van der Waals surface area contributed by atoms with Gasteiger partial charge in [0.1, 0.15) is 11.3 Å². The SMILES string of the molecule is CCOC(=O)CCC(=O)Nc1cc(N(C)c2cc(=O)oc3ccccc23)ccc1OC. The van der Waals surface area contributed by atoms with Crippen molar-refractivity contribution in [3.05, 3.63) is 59.0 Å². The van der Waals surface area contributed by atoms with Crippen LogP contribution < -0.4 is 20.6 Å². The Labute approximate surface area is 179 Å². The normalized spacial score (nSPS) is 10.5. The van der Waals surface area contributed by atoms with Crippen molar-refractivity contribution in [3.8, 4) is 5.75 Å². The smallest absolute Gasteiger partial charge is 0.338 e. The van der Waals surface area contributed by atoms with Crippen molar-refractivity contribution in [3.63, 3.8) is 0 Å². The highest BCUT2D eigenvalue weighted by Gasteiger charge is 2.15. The van der Waals surface area contributed by atoms with Crippen molar-refractivity contribution in [2.45, 2.75) is 19.8 Å². The van der Waals surface area contributed by atoms with E-state index in [0.717, 1.165) is 11.1 Å². The average molecular weight is 424 g/mol. The maximum Gasteiger partial charge on any atom is 0.338 e. The summed E-state index contributed by atoms with van der Waals surface area (Å²) >= 11 is 0. The standard InChI is InChI=1S/C23H24N2O6/c1-4-30-22(27)12-11-21(26)24-17-13-15(9-10-20(17)29-3)25(2)18-14-23(28)31-19-8-6-5-7-16(18)19/h5-10,13-14H,4,11-12H2,1-3H3,(H,24,26). The molecule has 0 spiro atoms. The molecule has 0 aliphatic heterocycles. The monoisotopic (exact) mass is 424 g/mol. The van der Waals surface area contributed by atoms with E-state index in [2.05, 4.69) is 5.32 Å². The van der Waals surface area contributed by atoms with Crippen molar-refractivity contribution >= 4 is 39.9 Å². The lowest BCUT2D eigenvalue weighted by molar-refractivity contribution is -0.144. The molecule has 1 aromatic heterocycles. The number of carbonyl (C=O) groups is 2. The van der Waals surface area contributed by atoms with E-state index in [0.29, 0.717) is 22.7 Å². The molecule has 2 aromatic carbocycles. The first kappa shape index (κ1) is 21.9. The van der Waals surface area contributed by atoms with Crippen LogP contribution in [0.4, 0.5) is 17.1 Å². The van der Waals surface area contributed by atoms with E-state index in [1.54, 1.807) is 31.2 Å². The first-order chi connectivity index (χ1) is 14.9. The van der Waals surface area contributed by atoms with Gasteiger partial charge in [-0.05, 0) is 37.3 Å². The van der Waals surface area contributed by atoms with Gasteiger partial charge in [-0.1, -0.05) is 12.1 Å². The minimum atomic E-state index is -0.457. The highest BCUT2D eigenvalue weighted by atomic mass is 16.5. The number of benzene rings is 2. The molecule has 0 atom stereocenters. The molecule has 1 heterocycles. The van der Waals surface area contributed by atoms with E-state index in [9.17, 15) is 14.4 Å². The number of hydrogen-bond donors (Lipinski definition) is 1. The summed E-state index contributed by atoms with van der Waals surface area (Å²) in [5.74, 6) is -0.288. The molecule has 0 bridgehead atoms. The number of para-hydroxylation sites is 1. The van der Waals surface area contributed by atoms with Crippen molar-refractivity contribution in [2.75, 3.05) is 31.0 Å². The zero-order valence-electron chi connectivity index (χ0n) is 17.6. The minimum absolute atomic E-state index is 0.00658. The average Bonchev–Trinajstić information content (AvgIpc) is 2.76. The zero-order valence-corrected chi connectivity index (χ0v) is 17.6. The predicted molar refractivity (Wildman–Crippen MR) is 118 cm³/mol. The number of anilines is 3.